The van der Waals surface area contributed by atoms with E-state index in [-0.39, 0.29) is 25.0 Å². The molecule has 17 heavy (non-hydrogen) atoms. The molecule has 1 N–H and O–H groups in total. The van der Waals surface area contributed by atoms with Crippen molar-refractivity contribution in [3.63, 3.8) is 0 Å². The number of aromatic nitrogens is 3. The van der Waals surface area contributed by atoms with Crippen LogP contribution in [0.5, 0.6) is 0 Å². The van der Waals surface area contributed by atoms with Crippen LogP contribution in [0.2, 0.25) is 0 Å². The number of rotatable bonds is 7. The number of ether oxygens (including phenoxy) is 1. The Morgan fingerprint density at radius 1 is 1.53 bits per heavy atom. The third kappa shape index (κ3) is 4.80. The van der Waals surface area contributed by atoms with Crippen LogP contribution in [0.15, 0.2) is 6.33 Å². The summed E-state index contributed by atoms with van der Waals surface area (Å²) in [5, 5.41) is 6.28. The fourth-order valence-corrected chi connectivity index (χ4v) is 2.10. The standard InChI is InChI=1S/C9H18N4O3S/c1-8(2)16-4-5-17(14,15)13(3)6-9-10-7-11-12-9/h7-8H,4-6H2,1-3H3,(H,10,11,12). The molecule has 0 atom stereocenters. The van der Waals surface area contributed by atoms with E-state index in [4.69, 9.17) is 4.74 Å². The van der Waals surface area contributed by atoms with Gasteiger partial charge < -0.3 is 4.74 Å². The Bertz CT molecular complexity index is 415. The molecule has 0 unspecified atom stereocenters. The smallest absolute Gasteiger partial charge is 0.216 e. The SMILES string of the molecule is CC(C)OCCS(=O)(=O)N(C)Cc1ncn[nH]1. The van der Waals surface area contributed by atoms with Gasteiger partial charge in [-0.3, -0.25) is 5.10 Å². The van der Waals surface area contributed by atoms with Crippen LogP contribution in [0.25, 0.3) is 0 Å². The molecule has 1 aromatic rings. The molecule has 0 bridgehead atoms. The summed E-state index contributed by atoms with van der Waals surface area (Å²) in [5.41, 5.74) is 0. The monoisotopic (exact) mass is 262 g/mol. The van der Waals surface area contributed by atoms with Crippen LogP contribution in [0, 0.1) is 0 Å². The first-order valence-electron chi connectivity index (χ1n) is 5.31. The molecule has 0 saturated heterocycles. The second kappa shape index (κ2) is 6.08. The molecule has 98 valence electrons. The molecule has 1 aromatic heterocycles. The zero-order valence-electron chi connectivity index (χ0n) is 10.3. The van der Waals surface area contributed by atoms with E-state index in [1.807, 2.05) is 13.8 Å². The molecule has 8 heteroatoms. The lowest BCUT2D eigenvalue weighted by Gasteiger charge is -2.16. The van der Waals surface area contributed by atoms with Crippen LogP contribution < -0.4 is 0 Å². The molecule has 0 aliphatic rings. The highest BCUT2D eigenvalue weighted by atomic mass is 32.2. The molecular weight excluding hydrogens is 244 g/mol. The van der Waals surface area contributed by atoms with Gasteiger partial charge in [0.1, 0.15) is 12.2 Å². The van der Waals surface area contributed by atoms with Crippen molar-refractivity contribution in [3.8, 4) is 0 Å². The second-order valence-corrected chi connectivity index (χ2v) is 6.12. The highest BCUT2D eigenvalue weighted by molar-refractivity contribution is 7.89. The third-order valence-electron chi connectivity index (χ3n) is 2.10. The number of nitrogens with one attached hydrogen (secondary N) is 1. The lowest BCUT2D eigenvalue weighted by molar-refractivity contribution is 0.0907. The average Bonchev–Trinajstić information content (AvgIpc) is 2.69. The number of hydrogen-bond acceptors (Lipinski definition) is 5. The number of sulfonamides is 1. The lowest BCUT2D eigenvalue weighted by atomic mass is 10.5. The molecule has 1 heterocycles. The normalized spacial score (nSPS) is 12.5. The van der Waals surface area contributed by atoms with Crippen LogP contribution >= 0.6 is 0 Å². The molecule has 0 aromatic carbocycles. The van der Waals surface area contributed by atoms with Crippen molar-refractivity contribution >= 4 is 10.0 Å². The first-order valence-corrected chi connectivity index (χ1v) is 6.92. The summed E-state index contributed by atoms with van der Waals surface area (Å²) < 4.78 is 30.1. The van der Waals surface area contributed by atoms with Crippen LogP contribution in [0.4, 0.5) is 0 Å². The van der Waals surface area contributed by atoms with Crippen LogP contribution in [-0.2, 0) is 21.3 Å². The summed E-state index contributed by atoms with van der Waals surface area (Å²) in [6.07, 6.45) is 1.38. The minimum Gasteiger partial charge on any atom is -0.378 e. The topological polar surface area (TPSA) is 88.2 Å². The van der Waals surface area contributed by atoms with Gasteiger partial charge in [0.2, 0.25) is 10.0 Å². The highest BCUT2D eigenvalue weighted by Gasteiger charge is 2.19. The Kier molecular flexibility index (Phi) is 5.03. The van der Waals surface area contributed by atoms with E-state index >= 15 is 0 Å². The Morgan fingerprint density at radius 2 is 2.24 bits per heavy atom. The van der Waals surface area contributed by atoms with Crippen LogP contribution in [0.3, 0.4) is 0 Å². The zero-order chi connectivity index (χ0) is 12.9. The maximum atomic E-state index is 11.8. The van der Waals surface area contributed by atoms with Gasteiger partial charge in [0.05, 0.1) is 25.0 Å². The first kappa shape index (κ1) is 14.1. The van der Waals surface area contributed by atoms with Gasteiger partial charge in [0.15, 0.2) is 0 Å². The van der Waals surface area contributed by atoms with Gasteiger partial charge in [0.25, 0.3) is 0 Å². The molecule has 7 nitrogen and oxygen atoms in total. The second-order valence-electron chi connectivity index (χ2n) is 3.92. The van der Waals surface area contributed by atoms with Crippen molar-refractivity contribution in [1.82, 2.24) is 19.5 Å². The van der Waals surface area contributed by atoms with Gasteiger partial charge in [-0.25, -0.2) is 13.4 Å². The number of H-pyrrole nitrogens is 1. The van der Waals surface area contributed by atoms with Crippen molar-refractivity contribution in [2.24, 2.45) is 0 Å². The van der Waals surface area contributed by atoms with E-state index in [0.29, 0.717) is 5.82 Å². The Morgan fingerprint density at radius 3 is 2.76 bits per heavy atom. The van der Waals surface area contributed by atoms with Gasteiger partial charge in [0, 0.05) is 7.05 Å². The summed E-state index contributed by atoms with van der Waals surface area (Å²) in [7, 11) is -1.80. The summed E-state index contributed by atoms with van der Waals surface area (Å²) in [5.74, 6) is 0.483. The maximum Gasteiger partial charge on any atom is 0.216 e. The Labute approximate surface area is 101 Å². The van der Waals surface area contributed by atoms with Gasteiger partial charge in [-0.15, -0.1) is 0 Å². The fraction of sp³-hybridized carbons (Fsp3) is 0.778. The van der Waals surface area contributed by atoms with Crippen molar-refractivity contribution in [1.29, 1.82) is 0 Å². The summed E-state index contributed by atoms with van der Waals surface area (Å²) >= 11 is 0. The van der Waals surface area contributed by atoms with Gasteiger partial charge in [-0.05, 0) is 13.8 Å². The minimum atomic E-state index is -3.31. The lowest BCUT2D eigenvalue weighted by Crippen LogP contribution is -2.31. The van der Waals surface area contributed by atoms with E-state index in [1.165, 1.54) is 17.7 Å². The van der Waals surface area contributed by atoms with Gasteiger partial charge >= 0.3 is 0 Å². The molecule has 0 aliphatic carbocycles. The van der Waals surface area contributed by atoms with Crippen molar-refractivity contribution in [2.45, 2.75) is 26.5 Å². The van der Waals surface area contributed by atoms with E-state index in [1.54, 1.807) is 0 Å². The molecule has 0 spiro atoms. The Balaban J connectivity index is 2.46. The molecule has 0 fully saturated rings. The predicted octanol–water partition coefficient (Wildman–Crippen LogP) is -0.00870. The van der Waals surface area contributed by atoms with Crippen LogP contribution in [0.1, 0.15) is 19.7 Å². The van der Waals surface area contributed by atoms with E-state index in [9.17, 15) is 8.42 Å². The fourth-order valence-electron chi connectivity index (χ4n) is 1.16. The van der Waals surface area contributed by atoms with E-state index in [2.05, 4.69) is 15.2 Å². The summed E-state index contributed by atoms with van der Waals surface area (Å²) in [6.45, 7) is 4.11. The number of nitrogens with zero attached hydrogens (tertiary/aromatic N) is 3. The largest absolute Gasteiger partial charge is 0.378 e. The molecular formula is C9H18N4O3S. The number of hydrogen-bond donors (Lipinski definition) is 1. The minimum absolute atomic E-state index is 0.0319. The molecule has 1 rings (SSSR count). The van der Waals surface area contributed by atoms with Gasteiger partial charge in [-0.1, -0.05) is 0 Å². The average molecular weight is 262 g/mol. The van der Waals surface area contributed by atoms with Crippen molar-refractivity contribution in [3.05, 3.63) is 12.2 Å². The van der Waals surface area contributed by atoms with Crippen molar-refractivity contribution in [2.75, 3.05) is 19.4 Å². The van der Waals surface area contributed by atoms with E-state index < -0.39 is 10.0 Å². The predicted molar refractivity (Wildman–Crippen MR) is 62.7 cm³/mol. The quantitative estimate of drug-likeness (QED) is 0.746. The first-order chi connectivity index (χ1) is 7.92. The molecule has 0 aliphatic heterocycles. The summed E-state index contributed by atoms with van der Waals surface area (Å²) in [6, 6.07) is 0. The maximum absolute atomic E-state index is 11.8. The van der Waals surface area contributed by atoms with E-state index in [0.717, 1.165) is 0 Å². The summed E-state index contributed by atoms with van der Waals surface area (Å²) in [4.78, 5) is 3.87. The zero-order valence-corrected chi connectivity index (χ0v) is 11.1. The molecule has 0 saturated carbocycles. The third-order valence-corrected chi connectivity index (χ3v) is 3.87. The molecule has 0 amide bonds. The van der Waals surface area contributed by atoms with Crippen molar-refractivity contribution < 1.29 is 13.2 Å². The molecule has 0 radical (unpaired) electrons. The number of aromatic amines is 1. The highest BCUT2D eigenvalue weighted by Crippen LogP contribution is 2.03. The Hall–Kier alpha value is -0.990. The van der Waals surface area contributed by atoms with Gasteiger partial charge in [-0.2, -0.15) is 9.40 Å². The van der Waals surface area contributed by atoms with Crippen LogP contribution in [-0.4, -0.2) is 53.4 Å².